The molecule has 0 unspecified atom stereocenters. The maximum Gasteiger partial charge on any atom is 0.332 e. The first-order chi connectivity index (χ1) is 14.9. The van der Waals surface area contributed by atoms with Crippen molar-refractivity contribution in [2.45, 2.75) is 17.5 Å². The van der Waals surface area contributed by atoms with Gasteiger partial charge >= 0.3 is 5.69 Å². The standard InChI is InChI=1S/C18H23N9O3S/c1-4-5-27-12-13(24(2)18(29)25(3)14(12)28)22-17(27)31-10-11-20-15(19)23-16(21-11)26-6-8-30-9-7-26/h4H,1,5-10H2,2-3H3,(H2,19,20,21,23). The molecule has 0 spiro atoms. The average Bonchev–Trinajstić information content (AvgIpc) is 3.14. The summed E-state index contributed by atoms with van der Waals surface area (Å²) in [6.45, 7) is 6.71. The molecule has 1 saturated heterocycles. The van der Waals surface area contributed by atoms with Crippen LogP contribution in [0.5, 0.6) is 0 Å². The third kappa shape index (κ3) is 3.93. The number of fused-ring (bicyclic) bond motifs is 1. The summed E-state index contributed by atoms with van der Waals surface area (Å²) in [5, 5.41) is 0.556. The number of hydrogen-bond donors (Lipinski definition) is 1. The topological polar surface area (TPSA) is 139 Å². The zero-order valence-corrected chi connectivity index (χ0v) is 18.1. The van der Waals surface area contributed by atoms with Gasteiger partial charge in [-0.15, -0.1) is 6.58 Å². The van der Waals surface area contributed by atoms with Crippen LogP contribution in [0.15, 0.2) is 27.4 Å². The molecule has 31 heavy (non-hydrogen) atoms. The average molecular weight is 446 g/mol. The van der Waals surface area contributed by atoms with Crippen LogP contribution >= 0.6 is 11.8 Å². The van der Waals surface area contributed by atoms with Crippen molar-refractivity contribution in [2.75, 3.05) is 36.9 Å². The molecule has 1 aliphatic heterocycles. The SMILES string of the molecule is C=CCn1c(SCc2nc(N)nc(N3CCOCC3)n2)nc2c1c(=O)n(C)c(=O)n2C. The van der Waals surface area contributed by atoms with Crippen LogP contribution in [0.4, 0.5) is 11.9 Å². The molecule has 13 heteroatoms. The third-order valence-corrected chi connectivity index (χ3v) is 5.91. The lowest BCUT2D eigenvalue weighted by Gasteiger charge is -2.26. The zero-order chi connectivity index (χ0) is 22.1. The molecule has 4 rings (SSSR count). The molecule has 0 amide bonds. The first kappa shape index (κ1) is 21.1. The summed E-state index contributed by atoms with van der Waals surface area (Å²) in [6, 6.07) is 0. The molecule has 0 bridgehead atoms. The van der Waals surface area contributed by atoms with Crippen LogP contribution in [-0.2, 0) is 31.1 Å². The van der Waals surface area contributed by atoms with E-state index in [9.17, 15) is 9.59 Å². The number of thioether (sulfide) groups is 1. The lowest BCUT2D eigenvalue weighted by atomic mass is 10.4. The Kier molecular flexibility index (Phi) is 5.78. The third-order valence-electron chi connectivity index (χ3n) is 4.94. The Labute approximate surface area is 181 Å². The second-order valence-electron chi connectivity index (χ2n) is 6.97. The van der Waals surface area contributed by atoms with E-state index in [0.717, 1.165) is 4.57 Å². The number of aryl methyl sites for hydroxylation is 1. The van der Waals surface area contributed by atoms with E-state index in [1.165, 1.54) is 23.4 Å². The van der Waals surface area contributed by atoms with Crippen LogP contribution in [0.2, 0.25) is 0 Å². The summed E-state index contributed by atoms with van der Waals surface area (Å²) in [7, 11) is 3.04. The van der Waals surface area contributed by atoms with Crippen molar-refractivity contribution in [3.63, 3.8) is 0 Å². The number of allylic oxidation sites excluding steroid dienone is 1. The molecule has 4 heterocycles. The predicted molar refractivity (Wildman–Crippen MR) is 117 cm³/mol. The van der Waals surface area contributed by atoms with Crippen molar-refractivity contribution < 1.29 is 4.74 Å². The molecular weight excluding hydrogens is 422 g/mol. The Balaban J connectivity index is 1.69. The molecule has 0 atom stereocenters. The first-order valence-electron chi connectivity index (χ1n) is 9.63. The van der Waals surface area contributed by atoms with Crippen LogP contribution in [0.25, 0.3) is 11.2 Å². The number of ether oxygens (including phenoxy) is 1. The Hall–Kier alpha value is -3.19. The van der Waals surface area contributed by atoms with Crippen LogP contribution in [0.3, 0.4) is 0 Å². The highest BCUT2D eigenvalue weighted by molar-refractivity contribution is 7.98. The van der Waals surface area contributed by atoms with Gasteiger partial charge in [0.1, 0.15) is 5.82 Å². The van der Waals surface area contributed by atoms with Gasteiger partial charge in [0.15, 0.2) is 16.3 Å². The van der Waals surface area contributed by atoms with Gasteiger partial charge in [-0.3, -0.25) is 13.9 Å². The highest BCUT2D eigenvalue weighted by Crippen LogP contribution is 2.25. The highest BCUT2D eigenvalue weighted by Gasteiger charge is 2.20. The molecule has 3 aromatic rings. The maximum atomic E-state index is 12.7. The monoisotopic (exact) mass is 445 g/mol. The summed E-state index contributed by atoms with van der Waals surface area (Å²) in [5.41, 5.74) is 5.73. The van der Waals surface area contributed by atoms with Crippen LogP contribution in [-0.4, -0.2) is 59.9 Å². The molecular formula is C18H23N9O3S. The molecule has 0 saturated carbocycles. The lowest BCUT2D eigenvalue weighted by Crippen LogP contribution is -2.37. The van der Waals surface area contributed by atoms with Crippen LogP contribution in [0.1, 0.15) is 5.82 Å². The van der Waals surface area contributed by atoms with Crippen molar-refractivity contribution in [1.82, 2.24) is 33.6 Å². The quantitative estimate of drug-likeness (QED) is 0.391. The van der Waals surface area contributed by atoms with Gasteiger partial charge in [-0.1, -0.05) is 17.8 Å². The van der Waals surface area contributed by atoms with Crippen LogP contribution in [0, 0.1) is 0 Å². The van der Waals surface area contributed by atoms with E-state index in [2.05, 4.69) is 26.5 Å². The van der Waals surface area contributed by atoms with Crippen molar-refractivity contribution in [2.24, 2.45) is 14.1 Å². The van der Waals surface area contributed by atoms with E-state index < -0.39 is 11.2 Å². The second-order valence-corrected chi connectivity index (χ2v) is 7.91. The molecule has 2 N–H and O–H groups in total. The Morgan fingerprint density at radius 2 is 1.87 bits per heavy atom. The van der Waals surface area contributed by atoms with E-state index in [4.69, 9.17) is 10.5 Å². The molecule has 12 nitrogen and oxygen atoms in total. The number of rotatable bonds is 6. The van der Waals surface area contributed by atoms with Crippen molar-refractivity contribution in [1.29, 1.82) is 0 Å². The van der Waals surface area contributed by atoms with Gasteiger partial charge in [0.2, 0.25) is 11.9 Å². The summed E-state index contributed by atoms with van der Waals surface area (Å²) < 4.78 is 9.54. The van der Waals surface area contributed by atoms with E-state index in [1.807, 2.05) is 4.90 Å². The second kappa shape index (κ2) is 8.51. The first-order valence-corrected chi connectivity index (χ1v) is 10.6. The van der Waals surface area contributed by atoms with Crippen molar-refractivity contribution in [3.05, 3.63) is 39.3 Å². The molecule has 0 aliphatic carbocycles. The number of anilines is 2. The highest BCUT2D eigenvalue weighted by atomic mass is 32.2. The van der Waals surface area contributed by atoms with E-state index in [1.54, 1.807) is 17.7 Å². The van der Waals surface area contributed by atoms with Gasteiger partial charge in [0, 0.05) is 33.7 Å². The van der Waals surface area contributed by atoms with E-state index >= 15 is 0 Å². The fourth-order valence-corrected chi connectivity index (χ4v) is 4.22. The van der Waals surface area contributed by atoms with Crippen molar-refractivity contribution in [3.8, 4) is 0 Å². The maximum absolute atomic E-state index is 12.7. The Morgan fingerprint density at radius 1 is 1.13 bits per heavy atom. The minimum atomic E-state index is -0.433. The van der Waals surface area contributed by atoms with Gasteiger partial charge in [0.25, 0.3) is 5.56 Å². The zero-order valence-electron chi connectivity index (χ0n) is 17.3. The van der Waals surface area contributed by atoms with E-state index in [-0.39, 0.29) is 5.95 Å². The number of nitrogen functional groups attached to an aromatic ring is 1. The fraction of sp³-hybridized carbons (Fsp3) is 0.444. The van der Waals surface area contributed by atoms with E-state index in [0.29, 0.717) is 66.7 Å². The van der Waals surface area contributed by atoms with Crippen molar-refractivity contribution >= 4 is 34.8 Å². The minimum absolute atomic E-state index is 0.142. The molecule has 0 aromatic carbocycles. The number of imidazole rings is 1. The molecule has 3 aromatic heterocycles. The van der Waals surface area contributed by atoms with Crippen LogP contribution < -0.4 is 21.9 Å². The summed E-state index contributed by atoms with van der Waals surface area (Å²) >= 11 is 1.35. The predicted octanol–water partition coefficient (Wildman–Crippen LogP) is -0.484. The normalized spacial score (nSPS) is 14.3. The summed E-state index contributed by atoms with van der Waals surface area (Å²) in [5.74, 6) is 1.52. The number of hydrogen-bond acceptors (Lipinski definition) is 10. The van der Waals surface area contributed by atoms with Gasteiger partial charge < -0.3 is 19.9 Å². The smallest absolute Gasteiger partial charge is 0.332 e. The molecule has 164 valence electrons. The van der Waals surface area contributed by atoms with Gasteiger partial charge in [0.05, 0.1) is 19.0 Å². The van der Waals surface area contributed by atoms with Gasteiger partial charge in [-0.25, -0.2) is 9.78 Å². The summed E-state index contributed by atoms with van der Waals surface area (Å²) in [4.78, 5) is 44.6. The molecule has 1 fully saturated rings. The summed E-state index contributed by atoms with van der Waals surface area (Å²) in [6.07, 6.45) is 1.67. The number of aromatic nitrogens is 7. The largest absolute Gasteiger partial charge is 0.378 e. The molecule has 0 radical (unpaired) electrons. The number of morpholine rings is 1. The molecule has 1 aliphatic rings. The lowest BCUT2D eigenvalue weighted by molar-refractivity contribution is 0.122. The minimum Gasteiger partial charge on any atom is -0.378 e. The number of nitrogens with two attached hydrogens (primary N) is 1. The Bertz CT molecular complexity index is 1260. The van der Waals surface area contributed by atoms with Gasteiger partial charge in [-0.2, -0.15) is 15.0 Å². The Morgan fingerprint density at radius 3 is 2.58 bits per heavy atom. The fourth-order valence-electron chi connectivity index (χ4n) is 3.36. The van der Waals surface area contributed by atoms with Gasteiger partial charge in [-0.05, 0) is 0 Å². The number of nitrogens with zero attached hydrogens (tertiary/aromatic N) is 8.